The van der Waals surface area contributed by atoms with Crippen LogP contribution in [-0.2, 0) is 14.8 Å². The molecule has 9 heteroatoms. The van der Waals surface area contributed by atoms with E-state index in [1.54, 1.807) is 26.0 Å². The molecule has 7 nitrogen and oxygen atoms in total. The van der Waals surface area contributed by atoms with Crippen LogP contribution in [0.5, 0.6) is 5.75 Å². The molecule has 0 aliphatic rings. The molecule has 0 fully saturated rings. The van der Waals surface area contributed by atoms with E-state index in [1.165, 1.54) is 31.2 Å². The summed E-state index contributed by atoms with van der Waals surface area (Å²) in [5.74, 6) is -0.155. The first-order chi connectivity index (χ1) is 12.6. The number of hydrogen-bond donors (Lipinski definition) is 2. The van der Waals surface area contributed by atoms with Crippen LogP contribution in [0.2, 0.25) is 5.02 Å². The van der Waals surface area contributed by atoms with Gasteiger partial charge in [0.15, 0.2) is 6.10 Å². The van der Waals surface area contributed by atoms with Crippen molar-refractivity contribution in [2.75, 3.05) is 0 Å². The summed E-state index contributed by atoms with van der Waals surface area (Å²) in [7, 11) is -3.97. The van der Waals surface area contributed by atoms with E-state index in [1.807, 2.05) is 10.9 Å². The monoisotopic (exact) mass is 407 g/mol. The maximum Gasteiger partial charge on any atom is 0.275 e. The SMILES string of the molecule is Cc1cc(Cl)cc(C)c1O[C@H](C)C(=O)NNS(=O)(=O)c1ccc(C#N)cc1. The lowest BCUT2D eigenvalue weighted by Crippen LogP contribution is -2.47. The number of nitrogens with zero attached hydrogens (tertiary/aromatic N) is 1. The van der Waals surface area contributed by atoms with Gasteiger partial charge in [-0.25, -0.2) is 8.42 Å². The predicted octanol–water partition coefficient (Wildman–Crippen LogP) is 2.61. The van der Waals surface area contributed by atoms with Gasteiger partial charge in [0.25, 0.3) is 15.9 Å². The van der Waals surface area contributed by atoms with Gasteiger partial charge in [-0.05, 0) is 68.3 Å². The number of carbonyl (C=O) groups is 1. The van der Waals surface area contributed by atoms with Crippen LogP contribution >= 0.6 is 11.6 Å². The van der Waals surface area contributed by atoms with Crippen molar-refractivity contribution in [3.8, 4) is 11.8 Å². The van der Waals surface area contributed by atoms with E-state index in [4.69, 9.17) is 21.6 Å². The van der Waals surface area contributed by atoms with Gasteiger partial charge >= 0.3 is 0 Å². The molecule has 142 valence electrons. The standard InChI is InChI=1S/C18H18ClN3O4S/c1-11-8-15(19)9-12(2)17(11)26-13(3)18(23)21-22-27(24,25)16-6-4-14(10-20)5-7-16/h4-9,13,22H,1-3H3,(H,21,23)/t13-/m1/s1. The third kappa shape index (κ3) is 5.20. The lowest BCUT2D eigenvalue weighted by Gasteiger charge is -2.18. The van der Waals surface area contributed by atoms with E-state index in [0.717, 1.165) is 11.1 Å². The predicted molar refractivity (Wildman–Crippen MR) is 101 cm³/mol. The number of nitriles is 1. The summed E-state index contributed by atoms with van der Waals surface area (Å²) in [4.78, 5) is 14.1. The molecular formula is C18H18ClN3O4S. The molecule has 0 aliphatic carbocycles. The van der Waals surface area contributed by atoms with Crippen molar-refractivity contribution >= 4 is 27.5 Å². The van der Waals surface area contributed by atoms with Crippen LogP contribution < -0.4 is 15.0 Å². The normalized spacial score (nSPS) is 12.1. The first-order valence-corrected chi connectivity index (χ1v) is 9.75. The summed E-state index contributed by atoms with van der Waals surface area (Å²) in [6, 6.07) is 10.6. The van der Waals surface area contributed by atoms with Crippen LogP contribution in [0.15, 0.2) is 41.3 Å². The van der Waals surface area contributed by atoms with Crippen molar-refractivity contribution in [2.24, 2.45) is 0 Å². The number of halogens is 1. The molecule has 2 N–H and O–H groups in total. The Kier molecular flexibility index (Phi) is 6.44. The molecule has 0 unspecified atom stereocenters. The van der Waals surface area contributed by atoms with Crippen LogP contribution in [0, 0.1) is 25.2 Å². The second-order valence-electron chi connectivity index (χ2n) is 5.86. The highest BCUT2D eigenvalue weighted by Crippen LogP contribution is 2.27. The van der Waals surface area contributed by atoms with Gasteiger partial charge in [0.1, 0.15) is 5.75 Å². The summed E-state index contributed by atoms with van der Waals surface area (Å²) in [5.41, 5.74) is 3.98. The summed E-state index contributed by atoms with van der Waals surface area (Å²) in [6.07, 6.45) is -0.952. The van der Waals surface area contributed by atoms with Gasteiger partial charge in [-0.15, -0.1) is 4.83 Å². The molecule has 1 amide bonds. The Labute approximate surface area is 162 Å². The van der Waals surface area contributed by atoms with Crippen LogP contribution in [0.1, 0.15) is 23.6 Å². The summed E-state index contributed by atoms with van der Waals surface area (Å²) in [6.45, 7) is 5.09. The number of carbonyl (C=O) groups excluding carboxylic acids is 1. The van der Waals surface area contributed by atoms with Crippen molar-refractivity contribution in [3.63, 3.8) is 0 Å². The Morgan fingerprint density at radius 2 is 1.74 bits per heavy atom. The minimum atomic E-state index is -3.97. The van der Waals surface area contributed by atoms with Crippen molar-refractivity contribution in [2.45, 2.75) is 31.8 Å². The van der Waals surface area contributed by atoms with Crippen molar-refractivity contribution < 1.29 is 17.9 Å². The van der Waals surface area contributed by atoms with Crippen LogP contribution in [0.4, 0.5) is 0 Å². The average molecular weight is 408 g/mol. The summed E-state index contributed by atoms with van der Waals surface area (Å²) >= 11 is 5.97. The molecule has 2 aromatic carbocycles. The number of hydrogen-bond acceptors (Lipinski definition) is 5. The van der Waals surface area contributed by atoms with Gasteiger partial charge in [0.2, 0.25) is 0 Å². The first-order valence-electron chi connectivity index (χ1n) is 7.89. The van der Waals surface area contributed by atoms with Gasteiger partial charge in [0.05, 0.1) is 16.5 Å². The van der Waals surface area contributed by atoms with Crippen molar-refractivity contribution in [1.29, 1.82) is 5.26 Å². The number of sulfonamides is 1. The van der Waals surface area contributed by atoms with Crippen LogP contribution in [-0.4, -0.2) is 20.4 Å². The highest BCUT2D eigenvalue weighted by Gasteiger charge is 2.20. The molecule has 2 aromatic rings. The lowest BCUT2D eigenvalue weighted by atomic mass is 10.1. The van der Waals surface area contributed by atoms with Crippen molar-refractivity contribution in [1.82, 2.24) is 10.3 Å². The zero-order valence-corrected chi connectivity index (χ0v) is 16.5. The maximum atomic E-state index is 12.2. The van der Waals surface area contributed by atoms with E-state index in [9.17, 15) is 13.2 Å². The van der Waals surface area contributed by atoms with Crippen molar-refractivity contribution in [3.05, 3.63) is 58.1 Å². The van der Waals surface area contributed by atoms with Gasteiger partial charge in [-0.2, -0.15) is 5.26 Å². The maximum absolute atomic E-state index is 12.2. The Bertz CT molecular complexity index is 975. The molecule has 27 heavy (non-hydrogen) atoms. The Hall–Kier alpha value is -2.60. The summed E-state index contributed by atoms with van der Waals surface area (Å²) in [5, 5.41) is 9.31. The molecule has 1 atom stereocenters. The quantitative estimate of drug-likeness (QED) is 0.715. The highest BCUT2D eigenvalue weighted by atomic mass is 35.5. The van der Waals surface area contributed by atoms with Gasteiger partial charge in [-0.1, -0.05) is 11.6 Å². The second-order valence-corrected chi connectivity index (χ2v) is 7.98. The zero-order valence-electron chi connectivity index (χ0n) is 14.9. The van der Waals surface area contributed by atoms with Gasteiger partial charge < -0.3 is 4.74 Å². The first kappa shape index (κ1) is 20.7. The molecule has 0 spiro atoms. The second kappa shape index (κ2) is 8.39. The topological polar surface area (TPSA) is 108 Å². The number of aryl methyl sites for hydroxylation is 2. The van der Waals surface area contributed by atoms with Crippen LogP contribution in [0.3, 0.4) is 0 Å². The summed E-state index contributed by atoms with van der Waals surface area (Å²) < 4.78 is 30.0. The number of nitrogens with one attached hydrogen (secondary N) is 2. The van der Waals surface area contributed by atoms with Gasteiger partial charge in [0, 0.05) is 5.02 Å². The fraction of sp³-hybridized carbons (Fsp3) is 0.222. The number of rotatable bonds is 6. The molecule has 0 bridgehead atoms. The average Bonchev–Trinajstić information content (AvgIpc) is 2.62. The van der Waals surface area contributed by atoms with E-state index >= 15 is 0 Å². The largest absolute Gasteiger partial charge is 0.480 e. The smallest absolute Gasteiger partial charge is 0.275 e. The third-order valence-corrected chi connectivity index (χ3v) is 5.17. The molecular weight excluding hydrogens is 390 g/mol. The zero-order chi connectivity index (χ0) is 20.2. The molecule has 0 radical (unpaired) electrons. The number of ether oxygens (including phenoxy) is 1. The Morgan fingerprint density at radius 3 is 2.26 bits per heavy atom. The number of hydrazine groups is 1. The fourth-order valence-electron chi connectivity index (χ4n) is 2.30. The number of benzene rings is 2. The molecule has 0 heterocycles. The molecule has 0 saturated carbocycles. The Balaban J connectivity index is 2.03. The molecule has 0 saturated heterocycles. The van der Waals surface area contributed by atoms with E-state index < -0.39 is 22.0 Å². The van der Waals surface area contributed by atoms with E-state index in [2.05, 4.69) is 5.43 Å². The molecule has 2 rings (SSSR count). The lowest BCUT2D eigenvalue weighted by molar-refractivity contribution is -0.127. The molecule has 0 aromatic heterocycles. The molecule has 0 aliphatic heterocycles. The minimum absolute atomic E-state index is 0.0836. The number of amides is 1. The minimum Gasteiger partial charge on any atom is -0.480 e. The van der Waals surface area contributed by atoms with Gasteiger partial charge in [-0.3, -0.25) is 10.2 Å². The third-order valence-electron chi connectivity index (χ3n) is 3.69. The van der Waals surface area contributed by atoms with E-state index in [0.29, 0.717) is 16.3 Å². The van der Waals surface area contributed by atoms with Crippen LogP contribution in [0.25, 0.3) is 0 Å². The Morgan fingerprint density at radius 1 is 1.19 bits per heavy atom. The van der Waals surface area contributed by atoms with E-state index in [-0.39, 0.29) is 4.90 Å². The fourth-order valence-corrected chi connectivity index (χ4v) is 3.47. The highest BCUT2D eigenvalue weighted by molar-refractivity contribution is 7.89.